The number of nitrogens with zero attached hydrogens (tertiary/aromatic N) is 5. The number of aryl methyl sites for hydroxylation is 1. The Morgan fingerprint density at radius 2 is 1.97 bits per heavy atom. The smallest absolute Gasteiger partial charge is 0.237 e. The molecule has 9 nitrogen and oxygen atoms in total. The molecule has 0 fully saturated rings. The van der Waals surface area contributed by atoms with E-state index in [0.717, 1.165) is 17.0 Å². The third kappa shape index (κ3) is 5.68. The highest BCUT2D eigenvalue weighted by atomic mass is 35.5. The molecule has 0 unspecified atom stereocenters. The fourth-order valence-electron chi connectivity index (χ4n) is 3.56. The number of nitrogens with two attached hydrogens (primary N) is 1. The second kappa shape index (κ2) is 11.8. The normalized spacial score (nSPS) is 10.6. The summed E-state index contributed by atoms with van der Waals surface area (Å²) >= 11 is 7.28. The number of nitriles is 1. The average molecular weight is 533 g/mol. The summed E-state index contributed by atoms with van der Waals surface area (Å²) in [4.78, 5) is 16.8. The highest BCUT2D eigenvalue weighted by molar-refractivity contribution is 7.98. The monoisotopic (exact) mass is 532 g/mol. The number of nitrogen functional groups attached to an aromatic ring is 1. The molecule has 0 aliphatic heterocycles. The zero-order chi connectivity index (χ0) is 26.4. The molecule has 186 valence electrons. The van der Waals surface area contributed by atoms with E-state index in [1.54, 1.807) is 24.3 Å². The number of aromatic nitrogens is 3. The summed E-state index contributed by atoms with van der Waals surface area (Å²) in [5.41, 5.74) is 8.84. The van der Waals surface area contributed by atoms with Crippen molar-refractivity contribution in [3.8, 4) is 34.5 Å². The third-order valence-electron chi connectivity index (χ3n) is 5.29. The van der Waals surface area contributed by atoms with Crippen molar-refractivity contribution < 1.29 is 14.3 Å². The Balaban J connectivity index is 1.68. The first-order valence-corrected chi connectivity index (χ1v) is 12.5. The number of aliphatic hydroxyl groups is 1. The van der Waals surface area contributed by atoms with Gasteiger partial charge in [0.25, 0.3) is 0 Å². The lowest BCUT2D eigenvalue weighted by Crippen LogP contribution is -2.03. The number of thioether (sulfide) groups is 1. The van der Waals surface area contributed by atoms with Crippen molar-refractivity contribution in [1.29, 1.82) is 5.26 Å². The summed E-state index contributed by atoms with van der Waals surface area (Å²) in [7, 11) is 0. The highest BCUT2D eigenvalue weighted by Crippen LogP contribution is 2.42. The van der Waals surface area contributed by atoms with Gasteiger partial charge in [-0.2, -0.15) is 5.26 Å². The standard InChI is InChI=1S/C26H21ClN6O3S/c1-3-20-19(32-25(36-20)15-4-7-17(27)8-5-15)14-37-26-18(12-28)22(23(30-2)24(29)33-26)16-6-9-21(31-13-16)35-11-10-34/h4-9,13,34H,3,10-11,14H2,1H3,(H2,29,33). The van der Waals surface area contributed by atoms with Crippen LogP contribution in [0, 0.1) is 17.9 Å². The van der Waals surface area contributed by atoms with Gasteiger partial charge in [0.05, 0.1) is 24.4 Å². The number of oxazole rings is 1. The molecule has 0 aliphatic carbocycles. The van der Waals surface area contributed by atoms with Crippen LogP contribution in [0.25, 0.3) is 27.4 Å². The molecule has 4 rings (SSSR count). The first kappa shape index (κ1) is 26.0. The second-order valence-corrected chi connectivity index (χ2v) is 9.02. The van der Waals surface area contributed by atoms with E-state index in [-0.39, 0.29) is 30.3 Å². The molecule has 0 saturated heterocycles. The maximum absolute atomic E-state index is 10.1. The van der Waals surface area contributed by atoms with Gasteiger partial charge in [0, 0.05) is 40.6 Å². The first-order valence-electron chi connectivity index (χ1n) is 11.2. The van der Waals surface area contributed by atoms with E-state index in [4.69, 9.17) is 38.2 Å². The topological polar surface area (TPSA) is 135 Å². The zero-order valence-corrected chi connectivity index (χ0v) is 21.3. The van der Waals surface area contributed by atoms with E-state index in [1.165, 1.54) is 18.0 Å². The van der Waals surface area contributed by atoms with Crippen LogP contribution in [-0.2, 0) is 12.2 Å². The van der Waals surface area contributed by atoms with Gasteiger partial charge in [-0.25, -0.2) is 19.8 Å². The lowest BCUT2D eigenvalue weighted by Gasteiger charge is -2.13. The molecule has 37 heavy (non-hydrogen) atoms. The molecular formula is C26H21ClN6O3S. The molecule has 0 radical (unpaired) electrons. The van der Waals surface area contributed by atoms with Crippen molar-refractivity contribution in [3.05, 3.63) is 76.1 Å². The van der Waals surface area contributed by atoms with Crippen molar-refractivity contribution in [1.82, 2.24) is 15.0 Å². The van der Waals surface area contributed by atoms with Gasteiger partial charge in [-0.05, 0) is 35.9 Å². The number of hydrogen-bond donors (Lipinski definition) is 2. The predicted molar refractivity (Wildman–Crippen MR) is 141 cm³/mol. The minimum Gasteiger partial charge on any atom is -0.475 e. The SMILES string of the molecule is [C-]#[N+]c1c(N)nc(SCc2nc(-c3ccc(Cl)cc3)oc2CC)c(C#N)c1-c1ccc(OCCO)nc1. The number of hydrogen-bond acceptors (Lipinski definition) is 9. The van der Waals surface area contributed by atoms with Crippen molar-refractivity contribution in [2.75, 3.05) is 18.9 Å². The first-order chi connectivity index (χ1) is 18.0. The molecule has 0 aliphatic rings. The summed E-state index contributed by atoms with van der Waals surface area (Å²) in [5.74, 6) is 1.92. The molecule has 0 spiro atoms. The lowest BCUT2D eigenvalue weighted by molar-refractivity contribution is 0.196. The minimum atomic E-state index is -0.141. The minimum absolute atomic E-state index is 0.0184. The molecule has 4 aromatic rings. The molecule has 0 saturated carbocycles. The van der Waals surface area contributed by atoms with E-state index < -0.39 is 0 Å². The Kier molecular flexibility index (Phi) is 8.26. The third-order valence-corrected chi connectivity index (χ3v) is 6.53. The van der Waals surface area contributed by atoms with Crippen LogP contribution < -0.4 is 10.5 Å². The molecular weight excluding hydrogens is 512 g/mol. The number of ether oxygens (including phenoxy) is 1. The molecule has 0 amide bonds. The molecule has 11 heteroatoms. The summed E-state index contributed by atoms with van der Waals surface area (Å²) < 4.78 is 11.3. The van der Waals surface area contributed by atoms with Crippen LogP contribution in [0.5, 0.6) is 5.88 Å². The van der Waals surface area contributed by atoms with Gasteiger partial charge in [-0.1, -0.05) is 30.3 Å². The second-order valence-electron chi connectivity index (χ2n) is 7.62. The van der Waals surface area contributed by atoms with E-state index in [9.17, 15) is 5.26 Å². The average Bonchev–Trinajstić information content (AvgIpc) is 3.34. The van der Waals surface area contributed by atoms with E-state index >= 15 is 0 Å². The van der Waals surface area contributed by atoms with E-state index in [1.807, 2.05) is 19.1 Å². The Hall–Kier alpha value is -4.09. The summed E-state index contributed by atoms with van der Waals surface area (Å²) in [6.07, 6.45) is 2.13. The number of benzene rings is 1. The lowest BCUT2D eigenvalue weighted by atomic mass is 10.0. The van der Waals surface area contributed by atoms with Gasteiger partial charge in [0.15, 0.2) is 0 Å². The molecule has 3 aromatic heterocycles. The van der Waals surface area contributed by atoms with E-state index in [0.29, 0.717) is 45.1 Å². The van der Waals surface area contributed by atoms with Crippen molar-refractivity contribution in [3.63, 3.8) is 0 Å². The highest BCUT2D eigenvalue weighted by Gasteiger charge is 2.22. The molecule has 0 bridgehead atoms. The Morgan fingerprint density at radius 1 is 1.22 bits per heavy atom. The molecule has 3 heterocycles. The van der Waals surface area contributed by atoms with Gasteiger partial charge in [0.1, 0.15) is 29.3 Å². The van der Waals surface area contributed by atoms with Gasteiger partial charge in [0.2, 0.25) is 17.5 Å². The van der Waals surface area contributed by atoms with Crippen LogP contribution in [0.2, 0.25) is 5.02 Å². The van der Waals surface area contributed by atoms with Crippen LogP contribution in [-0.4, -0.2) is 33.3 Å². The zero-order valence-electron chi connectivity index (χ0n) is 19.7. The van der Waals surface area contributed by atoms with Gasteiger partial charge < -0.3 is 20.0 Å². The van der Waals surface area contributed by atoms with Crippen LogP contribution in [0.3, 0.4) is 0 Å². The van der Waals surface area contributed by atoms with E-state index in [2.05, 4.69) is 25.9 Å². The number of rotatable bonds is 9. The van der Waals surface area contributed by atoms with Gasteiger partial charge >= 0.3 is 0 Å². The summed E-state index contributed by atoms with van der Waals surface area (Å²) in [5, 5.41) is 20.0. The molecule has 3 N–H and O–H groups in total. The summed E-state index contributed by atoms with van der Waals surface area (Å²) in [6, 6.07) is 12.7. The largest absolute Gasteiger partial charge is 0.475 e. The van der Waals surface area contributed by atoms with Crippen LogP contribution in [0.15, 0.2) is 52.0 Å². The van der Waals surface area contributed by atoms with Gasteiger partial charge in [-0.3, -0.25) is 0 Å². The predicted octanol–water partition coefficient (Wildman–Crippen LogP) is 5.68. The molecule has 0 atom stereocenters. The molecule has 1 aromatic carbocycles. The Morgan fingerprint density at radius 3 is 2.59 bits per heavy atom. The quantitative estimate of drug-likeness (QED) is 0.206. The van der Waals surface area contributed by atoms with Crippen LogP contribution in [0.4, 0.5) is 11.5 Å². The van der Waals surface area contributed by atoms with Crippen molar-refractivity contribution >= 4 is 34.9 Å². The number of anilines is 1. The maximum atomic E-state index is 10.1. The van der Waals surface area contributed by atoms with Crippen molar-refractivity contribution in [2.45, 2.75) is 24.1 Å². The van der Waals surface area contributed by atoms with Crippen molar-refractivity contribution in [2.24, 2.45) is 0 Å². The van der Waals surface area contributed by atoms with Crippen LogP contribution >= 0.6 is 23.4 Å². The maximum Gasteiger partial charge on any atom is 0.237 e. The van der Waals surface area contributed by atoms with Crippen LogP contribution in [0.1, 0.15) is 23.9 Å². The number of halogens is 1. The fraction of sp³-hybridized carbons (Fsp3) is 0.192. The number of aliphatic hydroxyl groups excluding tert-OH is 1. The fourth-order valence-corrected chi connectivity index (χ4v) is 4.64. The Bertz CT molecular complexity index is 1490. The van der Waals surface area contributed by atoms with Gasteiger partial charge in [-0.15, -0.1) is 0 Å². The Labute approximate surface area is 222 Å². The number of pyridine rings is 2. The summed E-state index contributed by atoms with van der Waals surface area (Å²) in [6.45, 7) is 9.56.